The van der Waals surface area contributed by atoms with Gasteiger partial charge in [0.2, 0.25) is 5.88 Å². The maximum absolute atomic E-state index is 6.35. The van der Waals surface area contributed by atoms with E-state index in [9.17, 15) is 0 Å². The second kappa shape index (κ2) is 14.3. The van der Waals surface area contributed by atoms with Gasteiger partial charge in [0, 0.05) is 61.3 Å². The van der Waals surface area contributed by atoms with Crippen molar-refractivity contribution in [1.29, 1.82) is 0 Å². The van der Waals surface area contributed by atoms with Crippen LogP contribution in [0.4, 0.5) is 5.69 Å². The minimum Gasteiger partial charge on any atom is -0.497 e. The molecule has 0 spiro atoms. The normalized spacial score (nSPS) is 14.4. The van der Waals surface area contributed by atoms with E-state index in [1.165, 1.54) is 20.9 Å². The number of nitrogens with zero attached hydrogens (tertiary/aromatic N) is 2. The van der Waals surface area contributed by atoms with Crippen LogP contribution in [0.2, 0.25) is 25.7 Å². The molecule has 2 aliphatic heterocycles. The molecule has 4 aromatic rings. The Hall–Kier alpha value is -3.50. The number of hydrogen-bond acceptors (Lipinski definition) is 8. The summed E-state index contributed by atoms with van der Waals surface area (Å²) in [5, 5.41) is 0. The van der Waals surface area contributed by atoms with Gasteiger partial charge in [0.25, 0.3) is 0 Å². The van der Waals surface area contributed by atoms with Crippen LogP contribution in [0.5, 0.6) is 17.4 Å². The average molecular weight is 643 g/mol. The zero-order chi connectivity index (χ0) is 31.2. The van der Waals surface area contributed by atoms with Crippen molar-refractivity contribution in [2.75, 3.05) is 51.7 Å². The Kier molecular flexibility index (Phi) is 9.99. The molecular formula is C36H42N2O5SSi. The highest BCUT2D eigenvalue weighted by atomic mass is 32.2. The van der Waals surface area contributed by atoms with Crippen molar-refractivity contribution >= 4 is 25.5 Å². The molecule has 236 valence electrons. The molecule has 0 unspecified atom stereocenters. The summed E-state index contributed by atoms with van der Waals surface area (Å²) >= 11 is 1.79. The number of anilines is 1. The Bertz CT molecular complexity index is 1600. The van der Waals surface area contributed by atoms with Crippen LogP contribution in [0, 0.1) is 0 Å². The molecule has 0 radical (unpaired) electrons. The SMILES string of the molecule is COc1ccc(COc2cc(N3CCOCC3)cc(-c3cc(OCOCC[Si](C)(C)C)cc4c3Cc3ccccc3S4)n2)cc1. The fraction of sp³-hybridized carbons (Fsp3) is 0.361. The van der Waals surface area contributed by atoms with E-state index in [0.29, 0.717) is 32.3 Å². The van der Waals surface area contributed by atoms with Crippen LogP contribution in [0.15, 0.2) is 82.6 Å². The summed E-state index contributed by atoms with van der Waals surface area (Å²) in [6.45, 7) is 11.4. The van der Waals surface area contributed by atoms with Crippen LogP contribution in [0.3, 0.4) is 0 Å². The van der Waals surface area contributed by atoms with E-state index in [4.69, 9.17) is 28.7 Å². The standard InChI is InChI=1S/C36H42N2O5SSi/c1-39-29-11-9-26(10-12-29)24-42-36-21-28(38-13-15-40-16-14-38)20-33(37-36)31-22-30(43-25-41-17-18-45(2,3)4)23-35-32(31)19-27-7-5-6-8-34(27)44-35/h5-12,20-23H,13-19,24-25H2,1-4H3. The van der Waals surface area contributed by atoms with Crippen LogP contribution < -0.4 is 19.1 Å². The van der Waals surface area contributed by atoms with Gasteiger partial charge in [-0.05, 0) is 59.1 Å². The van der Waals surface area contributed by atoms with E-state index in [1.54, 1.807) is 18.9 Å². The molecule has 2 aliphatic rings. The minimum atomic E-state index is -1.17. The average Bonchev–Trinajstić information content (AvgIpc) is 3.06. The summed E-state index contributed by atoms with van der Waals surface area (Å²) in [5.41, 5.74) is 6.61. The summed E-state index contributed by atoms with van der Waals surface area (Å²) in [4.78, 5) is 9.90. The summed E-state index contributed by atoms with van der Waals surface area (Å²) in [5.74, 6) is 2.19. The largest absolute Gasteiger partial charge is 0.497 e. The van der Waals surface area contributed by atoms with E-state index in [-0.39, 0.29) is 6.79 Å². The third-order valence-electron chi connectivity index (χ3n) is 8.03. The van der Waals surface area contributed by atoms with Crippen molar-refractivity contribution in [3.05, 3.63) is 89.5 Å². The predicted molar refractivity (Wildman–Crippen MR) is 183 cm³/mol. The number of hydrogen-bond donors (Lipinski definition) is 0. The maximum Gasteiger partial charge on any atom is 0.216 e. The van der Waals surface area contributed by atoms with Crippen LogP contribution in [-0.2, 0) is 22.5 Å². The highest BCUT2D eigenvalue weighted by Crippen LogP contribution is 2.45. The number of aromatic nitrogens is 1. The number of fused-ring (bicyclic) bond motifs is 2. The van der Waals surface area contributed by atoms with Gasteiger partial charge in [-0.1, -0.05) is 61.7 Å². The van der Waals surface area contributed by atoms with E-state index >= 15 is 0 Å². The summed E-state index contributed by atoms with van der Waals surface area (Å²) in [6, 6.07) is 26.1. The molecule has 0 atom stereocenters. The van der Waals surface area contributed by atoms with Crippen molar-refractivity contribution in [3.63, 3.8) is 0 Å². The molecule has 0 N–H and O–H groups in total. The Morgan fingerprint density at radius 2 is 1.69 bits per heavy atom. The van der Waals surface area contributed by atoms with E-state index in [1.807, 2.05) is 30.3 Å². The molecule has 0 aliphatic carbocycles. The first-order valence-corrected chi connectivity index (χ1v) is 20.1. The molecule has 1 saturated heterocycles. The summed E-state index contributed by atoms with van der Waals surface area (Å²) < 4.78 is 29.5. The first kappa shape index (κ1) is 31.5. The van der Waals surface area contributed by atoms with Crippen LogP contribution in [0.1, 0.15) is 16.7 Å². The third-order valence-corrected chi connectivity index (χ3v) is 10.9. The van der Waals surface area contributed by atoms with E-state index in [0.717, 1.165) is 59.6 Å². The topological polar surface area (TPSA) is 62.3 Å². The number of morpholine rings is 1. The van der Waals surface area contributed by atoms with Gasteiger partial charge in [-0.25, -0.2) is 4.98 Å². The first-order chi connectivity index (χ1) is 21.8. The fourth-order valence-electron chi connectivity index (χ4n) is 5.40. The van der Waals surface area contributed by atoms with Gasteiger partial charge < -0.3 is 28.6 Å². The smallest absolute Gasteiger partial charge is 0.216 e. The van der Waals surface area contributed by atoms with Gasteiger partial charge in [0.05, 0.1) is 26.0 Å². The monoisotopic (exact) mass is 642 g/mol. The van der Waals surface area contributed by atoms with Crippen LogP contribution >= 0.6 is 11.8 Å². The van der Waals surface area contributed by atoms with Gasteiger partial charge in [-0.2, -0.15) is 0 Å². The molecular weight excluding hydrogens is 601 g/mol. The molecule has 1 fully saturated rings. The molecule has 0 saturated carbocycles. The second-order valence-corrected chi connectivity index (χ2v) is 19.3. The van der Waals surface area contributed by atoms with Crippen molar-refractivity contribution in [3.8, 4) is 28.6 Å². The highest BCUT2D eigenvalue weighted by molar-refractivity contribution is 7.99. The molecule has 0 bridgehead atoms. The molecule has 3 heterocycles. The quantitative estimate of drug-likeness (QED) is 0.0773. The van der Waals surface area contributed by atoms with Gasteiger partial charge in [-0.3, -0.25) is 0 Å². The number of benzene rings is 3. The molecule has 0 amide bonds. The van der Waals surface area contributed by atoms with Gasteiger partial charge in [0.1, 0.15) is 18.1 Å². The molecule has 3 aromatic carbocycles. The highest BCUT2D eigenvalue weighted by Gasteiger charge is 2.24. The Morgan fingerprint density at radius 1 is 0.889 bits per heavy atom. The van der Waals surface area contributed by atoms with Gasteiger partial charge >= 0.3 is 0 Å². The lowest BCUT2D eigenvalue weighted by atomic mass is 9.96. The fourth-order valence-corrected chi connectivity index (χ4v) is 7.29. The molecule has 6 rings (SSSR count). The maximum atomic E-state index is 6.35. The Labute approximate surface area is 271 Å². The number of ether oxygens (including phenoxy) is 5. The van der Waals surface area contributed by atoms with Crippen LogP contribution in [0.25, 0.3) is 11.3 Å². The van der Waals surface area contributed by atoms with Crippen molar-refractivity contribution in [2.45, 2.75) is 48.5 Å². The zero-order valence-electron chi connectivity index (χ0n) is 26.6. The zero-order valence-corrected chi connectivity index (χ0v) is 28.5. The van der Waals surface area contributed by atoms with Gasteiger partial charge in [0.15, 0.2) is 6.79 Å². The Morgan fingerprint density at radius 3 is 2.47 bits per heavy atom. The molecule has 9 heteroatoms. The van der Waals surface area contributed by atoms with Crippen molar-refractivity contribution in [1.82, 2.24) is 4.98 Å². The lowest BCUT2D eigenvalue weighted by Gasteiger charge is -2.29. The Balaban J connectivity index is 1.34. The van der Waals surface area contributed by atoms with Crippen molar-refractivity contribution in [2.24, 2.45) is 0 Å². The molecule has 45 heavy (non-hydrogen) atoms. The number of rotatable bonds is 12. The van der Waals surface area contributed by atoms with E-state index in [2.05, 4.69) is 67.0 Å². The van der Waals surface area contributed by atoms with Gasteiger partial charge in [-0.15, -0.1) is 0 Å². The second-order valence-electron chi connectivity index (χ2n) is 12.6. The van der Waals surface area contributed by atoms with E-state index < -0.39 is 8.07 Å². The number of methoxy groups -OCH3 is 1. The molecule has 1 aromatic heterocycles. The predicted octanol–water partition coefficient (Wildman–Crippen LogP) is 7.92. The summed E-state index contributed by atoms with van der Waals surface area (Å²) in [6.07, 6.45) is 0.826. The lowest BCUT2D eigenvalue weighted by Crippen LogP contribution is -2.36. The third kappa shape index (κ3) is 8.21. The minimum absolute atomic E-state index is 0.224. The van der Waals surface area contributed by atoms with Crippen LogP contribution in [-0.4, -0.2) is 59.9 Å². The summed E-state index contributed by atoms with van der Waals surface area (Å²) in [7, 11) is 0.499. The van der Waals surface area contributed by atoms with Crippen molar-refractivity contribution < 1.29 is 23.7 Å². The first-order valence-electron chi connectivity index (χ1n) is 15.6. The molecule has 7 nitrogen and oxygen atoms in total. The number of pyridine rings is 1. The lowest BCUT2D eigenvalue weighted by molar-refractivity contribution is 0.0219.